The summed E-state index contributed by atoms with van der Waals surface area (Å²) in [5, 5.41) is 11.1. The van der Waals surface area contributed by atoms with E-state index in [-0.39, 0.29) is 22.8 Å². The van der Waals surface area contributed by atoms with Crippen LogP contribution in [0, 0.1) is 63.2 Å². The van der Waals surface area contributed by atoms with Crippen molar-refractivity contribution in [2.24, 2.45) is 4.36 Å². The number of benzene rings is 1. The van der Waals surface area contributed by atoms with Gasteiger partial charge in [-0.1, -0.05) is 18.2 Å². The average Bonchev–Trinajstić information content (AvgIpc) is 3.37. The molecule has 1 unspecified atom stereocenters. The summed E-state index contributed by atoms with van der Waals surface area (Å²) in [6, 6.07) is 9.27. The van der Waals surface area contributed by atoms with Crippen molar-refractivity contribution in [2.75, 3.05) is 12.8 Å². The van der Waals surface area contributed by atoms with Gasteiger partial charge in [0.05, 0.1) is 21.1 Å². The number of hydrogen-bond donors (Lipinski definition) is 1. The van der Waals surface area contributed by atoms with Crippen LogP contribution in [0.15, 0.2) is 39.6 Å². The summed E-state index contributed by atoms with van der Waals surface area (Å²) < 4.78 is 17.4. The van der Waals surface area contributed by atoms with Crippen LogP contribution < -0.4 is 0 Å². The van der Waals surface area contributed by atoms with Crippen LogP contribution in [0.3, 0.4) is 0 Å². The molecule has 142 valence electrons. The molecule has 0 aromatic heterocycles. The van der Waals surface area contributed by atoms with Crippen molar-refractivity contribution in [3.63, 3.8) is 0 Å². The van der Waals surface area contributed by atoms with Crippen LogP contribution in [0.4, 0.5) is 0 Å². The van der Waals surface area contributed by atoms with Gasteiger partial charge in [-0.05, 0) is 88.7 Å². The minimum absolute atomic E-state index is 0. The third-order valence-electron chi connectivity index (χ3n) is 4.84. The monoisotopic (exact) mass is 423 g/mol. The van der Waals surface area contributed by atoms with Gasteiger partial charge >= 0.3 is 17.1 Å². The van der Waals surface area contributed by atoms with Crippen molar-refractivity contribution < 1.29 is 26.4 Å². The minimum atomic E-state index is -2.61. The molecule has 0 saturated heterocycles. The minimum Gasteiger partial charge on any atom is -0.388 e. The van der Waals surface area contributed by atoms with Gasteiger partial charge in [0.15, 0.2) is 0 Å². The first-order chi connectivity index (χ1) is 12.6. The topological polar surface area (TPSA) is 49.7 Å². The van der Waals surface area contributed by atoms with Gasteiger partial charge in [0, 0.05) is 17.9 Å². The van der Waals surface area contributed by atoms with Gasteiger partial charge in [0.2, 0.25) is 0 Å². The molecule has 3 aliphatic rings. The van der Waals surface area contributed by atoms with E-state index in [1.807, 2.05) is 81.7 Å². The number of aliphatic hydroxyl groups is 1. The number of fused-ring (bicyclic) bond motifs is 1. The Labute approximate surface area is 176 Å². The van der Waals surface area contributed by atoms with Gasteiger partial charge < -0.3 is 5.11 Å². The first kappa shape index (κ1) is 22.9. The summed E-state index contributed by atoms with van der Waals surface area (Å²) in [6.45, 7) is 0. The standard InChI is InChI=1S/C17H20NO2S.C5H5.Fe/c1-18-21(20,15-9-3-2-4-10-15)13-17(19)12-6-8-14-7-5-11-16(14)17;1-2-4-5-3-1;/h2-5,7,9-11,19H,6,8,12-13H2,1H3;1-5H;/q;;+2/t17-,21?;;/m1../s1. The zero-order valence-electron chi connectivity index (χ0n) is 15.4. The van der Waals surface area contributed by atoms with Crippen molar-refractivity contribution in [2.45, 2.75) is 29.8 Å². The van der Waals surface area contributed by atoms with Gasteiger partial charge in [-0.2, -0.15) is 0 Å². The van der Waals surface area contributed by atoms with E-state index in [1.54, 1.807) is 7.05 Å². The zero-order valence-corrected chi connectivity index (χ0v) is 17.3. The van der Waals surface area contributed by atoms with Gasteiger partial charge in [-0.15, -0.1) is 0 Å². The Kier molecular flexibility index (Phi) is 8.86. The van der Waals surface area contributed by atoms with Crippen molar-refractivity contribution in [3.8, 4) is 0 Å². The molecule has 27 heavy (non-hydrogen) atoms. The third kappa shape index (κ3) is 5.59. The molecule has 0 heterocycles. The van der Waals surface area contributed by atoms with E-state index >= 15 is 0 Å². The SMILES string of the molecule is CN=S(=O)(C[C@]1(O)CCC[C]2[CH][CH][CH][C]21)c1ccccc1.[CH]1[CH][CH][CH][CH]1.[Fe+2]. The van der Waals surface area contributed by atoms with Crippen LogP contribution in [0.25, 0.3) is 0 Å². The fourth-order valence-electron chi connectivity index (χ4n) is 3.52. The molecule has 4 rings (SSSR count). The molecule has 1 aromatic rings. The second kappa shape index (κ2) is 10.4. The molecular formula is C22H25FeNO2S+2. The first-order valence-corrected chi connectivity index (χ1v) is 10.6. The fourth-order valence-corrected chi connectivity index (χ4v) is 5.55. The van der Waals surface area contributed by atoms with Crippen molar-refractivity contribution in [1.29, 1.82) is 0 Å². The van der Waals surface area contributed by atoms with Gasteiger partial charge in [-0.25, -0.2) is 8.57 Å². The maximum absolute atomic E-state index is 13.2. The predicted octanol–water partition coefficient (Wildman–Crippen LogP) is 3.85. The molecule has 0 spiro atoms. The van der Waals surface area contributed by atoms with E-state index < -0.39 is 15.3 Å². The van der Waals surface area contributed by atoms with Crippen molar-refractivity contribution in [3.05, 3.63) is 93.5 Å². The summed E-state index contributed by atoms with van der Waals surface area (Å²) in [7, 11) is -1.03. The van der Waals surface area contributed by atoms with Crippen LogP contribution in [-0.2, 0) is 26.8 Å². The summed E-state index contributed by atoms with van der Waals surface area (Å²) in [6.07, 6.45) is 18.5. The molecule has 0 amide bonds. The predicted molar refractivity (Wildman–Crippen MR) is 106 cm³/mol. The molecule has 3 aliphatic carbocycles. The van der Waals surface area contributed by atoms with Gasteiger partial charge in [-0.3, -0.25) is 0 Å². The van der Waals surface area contributed by atoms with Crippen molar-refractivity contribution >= 4 is 9.73 Å². The molecule has 2 atom stereocenters. The molecule has 3 fully saturated rings. The molecule has 1 N–H and O–H groups in total. The summed E-state index contributed by atoms with van der Waals surface area (Å²) in [5.74, 6) is 2.27. The number of rotatable bonds is 3. The van der Waals surface area contributed by atoms with E-state index in [0.29, 0.717) is 11.3 Å². The van der Waals surface area contributed by atoms with Crippen LogP contribution in [0.1, 0.15) is 19.3 Å². The second-order valence-corrected chi connectivity index (χ2v) is 9.00. The number of nitrogens with zero attached hydrogens (tertiary/aromatic N) is 1. The summed E-state index contributed by atoms with van der Waals surface area (Å²) in [5.41, 5.74) is -1.04. The molecule has 5 heteroatoms. The quantitative estimate of drug-likeness (QED) is 0.751. The third-order valence-corrected chi connectivity index (χ3v) is 7.31. The Morgan fingerprint density at radius 3 is 2.26 bits per heavy atom. The summed E-state index contributed by atoms with van der Waals surface area (Å²) >= 11 is 0. The van der Waals surface area contributed by atoms with E-state index in [0.717, 1.165) is 18.8 Å². The maximum Gasteiger partial charge on any atom is 2.00 e. The van der Waals surface area contributed by atoms with E-state index in [1.165, 1.54) is 5.92 Å². The Balaban J connectivity index is 0.000000379. The largest absolute Gasteiger partial charge is 2.00 e. The van der Waals surface area contributed by atoms with Gasteiger partial charge in [0.25, 0.3) is 0 Å². The van der Waals surface area contributed by atoms with Gasteiger partial charge in [0.1, 0.15) is 0 Å². The van der Waals surface area contributed by atoms with E-state index in [4.69, 9.17) is 0 Å². The Morgan fingerprint density at radius 2 is 1.67 bits per heavy atom. The fraction of sp³-hybridized carbons (Fsp3) is 0.273. The van der Waals surface area contributed by atoms with Crippen molar-refractivity contribution in [1.82, 2.24) is 0 Å². The van der Waals surface area contributed by atoms with Crippen LogP contribution in [0.5, 0.6) is 0 Å². The molecule has 3 nitrogen and oxygen atoms in total. The zero-order chi connectivity index (χ0) is 18.5. The van der Waals surface area contributed by atoms with E-state index in [2.05, 4.69) is 4.36 Å². The molecule has 10 radical (unpaired) electrons. The Bertz CT molecular complexity index is 675. The first-order valence-electron chi connectivity index (χ1n) is 8.89. The van der Waals surface area contributed by atoms with E-state index in [9.17, 15) is 9.32 Å². The second-order valence-electron chi connectivity index (χ2n) is 6.59. The average molecular weight is 423 g/mol. The molecule has 3 saturated carbocycles. The summed E-state index contributed by atoms with van der Waals surface area (Å²) in [4.78, 5) is 0.694. The smallest absolute Gasteiger partial charge is 0.388 e. The number of hydrogen-bond acceptors (Lipinski definition) is 3. The molecular weight excluding hydrogens is 398 g/mol. The Hall–Kier alpha value is -0.351. The molecule has 0 bridgehead atoms. The van der Waals surface area contributed by atoms with Crippen LogP contribution in [0.2, 0.25) is 0 Å². The maximum atomic E-state index is 13.2. The van der Waals surface area contributed by atoms with Crippen LogP contribution >= 0.6 is 0 Å². The Morgan fingerprint density at radius 1 is 1.04 bits per heavy atom. The molecule has 0 aliphatic heterocycles. The van der Waals surface area contributed by atoms with Crippen LogP contribution in [-0.4, -0.2) is 27.7 Å². The molecule has 1 aromatic carbocycles. The normalized spacial score (nSPS) is 27.6.